The van der Waals surface area contributed by atoms with Crippen LogP contribution in [-0.4, -0.2) is 34.0 Å². The predicted octanol–water partition coefficient (Wildman–Crippen LogP) is 1.94. The van der Waals surface area contributed by atoms with Gasteiger partial charge in [0.15, 0.2) is 5.84 Å². The number of nitrogens with one attached hydrogen (secondary N) is 1. The summed E-state index contributed by atoms with van der Waals surface area (Å²) in [5.41, 5.74) is 5.26. The lowest BCUT2D eigenvalue weighted by molar-refractivity contribution is -0.125. The third kappa shape index (κ3) is 3.22. The maximum Gasteiger partial charge on any atom is 0.224 e. The van der Waals surface area contributed by atoms with Crippen molar-refractivity contribution >= 4 is 23.5 Å². The molecule has 20 heavy (non-hydrogen) atoms. The first-order chi connectivity index (χ1) is 9.61. The van der Waals surface area contributed by atoms with Crippen LogP contribution in [0.4, 0.5) is 0 Å². The van der Waals surface area contributed by atoms with Gasteiger partial charge in [0.2, 0.25) is 5.91 Å². The normalized spacial score (nSPS) is 35.0. The number of rotatable bonds is 4. The first-order valence-electron chi connectivity index (χ1n) is 7.49. The van der Waals surface area contributed by atoms with Gasteiger partial charge in [0, 0.05) is 11.7 Å². The van der Waals surface area contributed by atoms with Crippen LogP contribution in [0.25, 0.3) is 0 Å². The summed E-state index contributed by atoms with van der Waals surface area (Å²) in [4.78, 5) is 12.4. The quantitative estimate of drug-likeness (QED) is 0.320. The van der Waals surface area contributed by atoms with Crippen LogP contribution in [-0.2, 0) is 4.79 Å². The van der Waals surface area contributed by atoms with Gasteiger partial charge in [-0.2, -0.15) is 11.8 Å². The molecule has 1 aliphatic carbocycles. The van der Waals surface area contributed by atoms with Crippen LogP contribution in [0.1, 0.15) is 45.4 Å². The van der Waals surface area contributed by atoms with E-state index < -0.39 is 5.54 Å². The number of amidine groups is 1. The van der Waals surface area contributed by atoms with Gasteiger partial charge in [-0.15, -0.1) is 0 Å². The van der Waals surface area contributed by atoms with Gasteiger partial charge in [0.1, 0.15) is 5.54 Å². The van der Waals surface area contributed by atoms with Crippen molar-refractivity contribution in [3.8, 4) is 0 Å². The highest BCUT2D eigenvalue weighted by Gasteiger charge is 2.41. The Labute approximate surface area is 124 Å². The summed E-state index contributed by atoms with van der Waals surface area (Å²) in [6, 6.07) is 0. The fraction of sp³-hybridized carbons (Fsp3) is 0.857. The molecule has 1 saturated heterocycles. The van der Waals surface area contributed by atoms with Crippen molar-refractivity contribution in [3.05, 3.63) is 0 Å². The van der Waals surface area contributed by atoms with E-state index in [2.05, 4.69) is 17.4 Å². The van der Waals surface area contributed by atoms with Crippen LogP contribution in [0.5, 0.6) is 0 Å². The summed E-state index contributed by atoms with van der Waals surface area (Å²) in [7, 11) is 0. The van der Waals surface area contributed by atoms with E-state index in [9.17, 15) is 4.79 Å². The van der Waals surface area contributed by atoms with Crippen LogP contribution >= 0.6 is 11.8 Å². The Kier molecular flexibility index (Phi) is 5.18. The third-order valence-corrected chi connectivity index (χ3v) is 5.96. The van der Waals surface area contributed by atoms with E-state index in [4.69, 9.17) is 10.9 Å². The van der Waals surface area contributed by atoms with E-state index in [1.54, 1.807) is 0 Å². The molecular weight excluding hydrogens is 274 g/mol. The molecule has 1 aliphatic heterocycles. The maximum absolute atomic E-state index is 12.4. The largest absolute Gasteiger partial charge is 0.409 e. The molecule has 2 aliphatic rings. The summed E-state index contributed by atoms with van der Waals surface area (Å²) in [6.07, 6.45) is 5.67. The fourth-order valence-corrected chi connectivity index (χ4v) is 4.42. The average Bonchev–Trinajstić information content (AvgIpc) is 3.01. The molecule has 0 aromatic carbocycles. The highest BCUT2D eigenvalue weighted by atomic mass is 32.2. The fourth-order valence-electron chi connectivity index (χ4n) is 3.20. The molecule has 2 fully saturated rings. The number of hydrogen-bond donors (Lipinski definition) is 3. The molecule has 6 heteroatoms. The summed E-state index contributed by atoms with van der Waals surface area (Å²) in [5, 5.41) is 15.4. The standard InChI is InChI=1S/C14H25N3O2S/c1-2-10-3-6-14(7-4-10,13(15)17-19)16-12(18)11-5-8-20-9-11/h10-11,19H,2-9H2,1H3,(H2,15,17)(H,16,18). The molecule has 1 saturated carbocycles. The summed E-state index contributed by atoms with van der Waals surface area (Å²) < 4.78 is 0. The van der Waals surface area contributed by atoms with Gasteiger partial charge in [0.25, 0.3) is 0 Å². The number of carbonyl (C=O) groups is 1. The number of nitrogens with zero attached hydrogens (tertiary/aromatic N) is 1. The number of hydrogen-bond acceptors (Lipinski definition) is 4. The van der Waals surface area contributed by atoms with Crippen LogP contribution in [0.15, 0.2) is 5.16 Å². The molecule has 1 amide bonds. The number of carbonyl (C=O) groups excluding carboxylic acids is 1. The molecule has 0 aromatic rings. The average molecular weight is 299 g/mol. The van der Waals surface area contributed by atoms with E-state index in [0.29, 0.717) is 5.92 Å². The van der Waals surface area contributed by atoms with Crippen LogP contribution < -0.4 is 11.1 Å². The van der Waals surface area contributed by atoms with Crippen LogP contribution in [0.2, 0.25) is 0 Å². The molecule has 4 N–H and O–H groups in total. The van der Waals surface area contributed by atoms with Crippen LogP contribution in [0, 0.1) is 11.8 Å². The lowest BCUT2D eigenvalue weighted by Crippen LogP contribution is -2.60. The first-order valence-corrected chi connectivity index (χ1v) is 8.64. The number of thioether (sulfide) groups is 1. The zero-order chi connectivity index (χ0) is 14.6. The van der Waals surface area contributed by atoms with E-state index >= 15 is 0 Å². The monoisotopic (exact) mass is 299 g/mol. The highest BCUT2D eigenvalue weighted by molar-refractivity contribution is 7.99. The van der Waals surface area contributed by atoms with Crippen molar-refractivity contribution in [2.75, 3.05) is 11.5 Å². The molecular formula is C14H25N3O2S. The van der Waals surface area contributed by atoms with E-state index in [0.717, 1.165) is 50.0 Å². The molecule has 0 radical (unpaired) electrons. The zero-order valence-corrected chi connectivity index (χ0v) is 12.9. The second kappa shape index (κ2) is 6.70. The Morgan fingerprint density at radius 1 is 1.45 bits per heavy atom. The van der Waals surface area contributed by atoms with Crippen molar-refractivity contribution in [2.45, 2.75) is 51.0 Å². The van der Waals surface area contributed by atoms with Gasteiger partial charge in [-0.3, -0.25) is 4.79 Å². The summed E-state index contributed by atoms with van der Waals surface area (Å²) in [5.74, 6) is 2.92. The van der Waals surface area contributed by atoms with E-state index in [1.165, 1.54) is 0 Å². The number of oxime groups is 1. The minimum atomic E-state index is -0.634. The Bertz CT molecular complexity index is 373. The Hall–Kier alpha value is -0.910. The van der Waals surface area contributed by atoms with Crippen molar-refractivity contribution in [1.82, 2.24) is 5.32 Å². The third-order valence-electron chi connectivity index (χ3n) is 4.80. The van der Waals surface area contributed by atoms with Gasteiger partial charge in [0.05, 0.1) is 0 Å². The molecule has 1 heterocycles. The first kappa shape index (κ1) is 15.5. The van der Waals surface area contributed by atoms with Gasteiger partial charge in [-0.25, -0.2) is 0 Å². The van der Waals surface area contributed by atoms with Crippen molar-refractivity contribution in [1.29, 1.82) is 0 Å². The maximum atomic E-state index is 12.4. The molecule has 5 nitrogen and oxygen atoms in total. The predicted molar refractivity (Wildman–Crippen MR) is 82.0 cm³/mol. The van der Waals surface area contributed by atoms with E-state index in [-0.39, 0.29) is 17.7 Å². The Morgan fingerprint density at radius 3 is 2.65 bits per heavy atom. The topological polar surface area (TPSA) is 87.7 Å². The number of nitrogens with two attached hydrogens (primary N) is 1. The second-order valence-corrected chi connectivity index (χ2v) is 7.12. The minimum Gasteiger partial charge on any atom is -0.409 e. The molecule has 0 bridgehead atoms. The SMILES string of the molecule is CCC1CCC(NC(=O)C2CCSC2)(C(N)=NO)CC1. The van der Waals surface area contributed by atoms with Crippen LogP contribution in [0.3, 0.4) is 0 Å². The molecule has 2 rings (SSSR count). The van der Waals surface area contributed by atoms with Crippen molar-refractivity contribution in [2.24, 2.45) is 22.7 Å². The Morgan fingerprint density at radius 2 is 2.15 bits per heavy atom. The van der Waals surface area contributed by atoms with Gasteiger partial charge in [-0.05, 0) is 43.8 Å². The Balaban J connectivity index is 2.06. The minimum absolute atomic E-state index is 0.0662. The zero-order valence-electron chi connectivity index (χ0n) is 12.1. The highest BCUT2D eigenvalue weighted by Crippen LogP contribution is 2.35. The second-order valence-electron chi connectivity index (χ2n) is 5.97. The molecule has 0 aromatic heterocycles. The molecule has 0 spiro atoms. The number of amides is 1. The van der Waals surface area contributed by atoms with Crippen molar-refractivity contribution < 1.29 is 10.0 Å². The lowest BCUT2D eigenvalue weighted by atomic mass is 9.74. The summed E-state index contributed by atoms with van der Waals surface area (Å²) >= 11 is 1.82. The lowest BCUT2D eigenvalue weighted by Gasteiger charge is -2.40. The molecule has 114 valence electrons. The van der Waals surface area contributed by atoms with E-state index in [1.807, 2.05) is 11.8 Å². The molecule has 1 atom stereocenters. The summed E-state index contributed by atoms with van der Waals surface area (Å²) in [6.45, 7) is 2.19. The van der Waals surface area contributed by atoms with Crippen molar-refractivity contribution in [3.63, 3.8) is 0 Å². The smallest absolute Gasteiger partial charge is 0.224 e. The van der Waals surface area contributed by atoms with Gasteiger partial charge >= 0.3 is 0 Å². The van der Waals surface area contributed by atoms with Gasteiger partial charge in [-0.1, -0.05) is 18.5 Å². The van der Waals surface area contributed by atoms with Gasteiger partial charge < -0.3 is 16.3 Å². The molecule has 1 unspecified atom stereocenters.